The van der Waals surface area contributed by atoms with Crippen LogP contribution in [0.15, 0.2) is 46.0 Å². The third-order valence-corrected chi connectivity index (χ3v) is 6.27. The van der Waals surface area contributed by atoms with Crippen LogP contribution in [-0.4, -0.2) is 31.5 Å². The van der Waals surface area contributed by atoms with E-state index in [-0.39, 0.29) is 17.3 Å². The molecule has 7 heteroatoms. The lowest BCUT2D eigenvalue weighted by atomic mass is 10.1. The van der Waals surface area contributed by atoms with Crippen molar-refractivity contribution in [2.75, 3.05) is 0 Å². The number of hydrogen-bond donors (Lipinski definition) is 1. The van der Waals surface area contributed by atoms with Crippen LogP contribution in [0.1, 0.15) is 48.7 Å². The molecule has 2 aromatic rings. The minimum atomic E-state index is -0.383. The second-order valence-corrected chi connectivity index (χ2v) is 8.66. The van der Waals surface area contributed by atoms with Crippen molar-refractivity contribution in [1.82, 2.24) is 9.58 Å². The Morgan fingerprint density at radius 1 is 1.17 bits per heavy atom. The molecule has 0 radical (unpaired) electrons. The number of nitrogens with one attached hydrogen (secondary N) is 1. The van der Waals surface area contributed by atoms with Crippen molar-refractivity contribution in [3.8, 4) is 5.69 Å². The fourth-order valence-electron chi connectivity index (χ4n) is 3.64. The number of hydrazone groups is 1. The fraction of sp³-hybridized carbons (Fsp3) is 0.304. The van der Waals surface area contributed by atoms with E-state index in [9.17, 15) is 4.79 Å². The molecule has 3 heterocycles. The van der Waals surface area contributed by atoms with Crippen molar-refractivity contribution in [1.29, 1.82) is 5.41 Å². The molecule has 0 saturated carbocycles. The maximum Gasteiger partial charge on any atom is 0.283 e. The lowest BCUT2D eigenvalue weighted by Crippen LogP contribution is -2.35. The molecule has 0 unspecified atom stereocenters. The molecular formula is C23H25N5OS. The normalized spacial score (nSPS) is 17.5. The zero-order valence-corrected chi connectivity index (χ0v) is 18.5. The van der Waals surface area contributed by atoms with E-state index in [0.29, 0.717) is 5.17 Å². The van der Waals surface area contributed by atoms with Gasteiger partial charge in [-0.15, -0.1) is 0 Å². The van der Waals surface area contributed by atoms with E-state index in [1.54, 1.807) is 6.08 Å². The average molecular weight is 420 g/mol. The number of aliphatic imine (C=N–C) groups is 1. The van der Waals surface area contributed by atoms with Crippen LogP contribution >= 0.6 is 11.8 Å². The summed E-state index contributed by atoms with van der Waals surface area (Å²) in [6.07, 6.45) is 4.71. The fourth-order valence-corrected chi connectivity index (χ4v) is 4.57. The number of thioether (sulfide) groups is 1. The summed E-state index contributed by atoms with van der Waals surface area (Å²) in [6.45, 7) is 8.26. The minimum Gasteiger partial charge on any atom is -0.318 e. The van der Waals surface area contributed by atoms with Gasteiger partial charge in [0.2, 0.25) is 5.17 Å². The van der Waals surface area contributed by atoms with E-state index in [1.165, 1.54) is 22.3 Å². The van der Waals surface area contributed by atoms with Gasteiger partial charge in [0.15, 0.2) is 5.84 Å². The number of nitrogens with zero attached hydrogens (tertiary/aromatic N) is 4. The Bertz CT molecular complexity index is 1120. The standard InChI is InChI=1S/C23H25N5OS/c1-5-6-7-20-26-28-21(24)19(22(29)25-23(28)30-20)13-17-12-15(3)27(16(17)4)18-10-8-14(2)9-11-18/h8-13,24H,5-7H2,1-4H3/b19-13-,24-21?. The summed E-state index contributed by atoms with van der Waals surface area (Å²) < 4.78 is 2.16. The van der Waals surface area contributed by atoms with E-state index in [4.69, 9.17) is 5.41 Å². The predicted octanol–water partition coefficient (Wildman–Crippen LogP) is 5.21. The van der Waals surface area contributed by atoms with Gasteiger partial charge in [0.1, 0.15) is 5.04 Å². The van der Waals surface area contributed by atoms with Crippen LogP contribution in [-0.2, 0) is 4.79 Å². The molecule has 1 aromatic carbocycles. The Morgan fingerprint density at radius 2 is 1.90 bits per heavy atom. The number of benzene rings is 1. The quantitative estimate of drug-likeness (QED) is 0.676. The number of carbonyl (C=O) groups is 1. The topological polar surface area (TPSA) is 73.8 Å². The van der Waals surface area contributed by atoms with E-state index >= 15 is 0 Å². The SMILES string of the molecule is CCCCC1=NN2C(=N)/C(=C/c3cc(C)n(-c4ccc(C)cc4)c3C)C(=O)N=C2S1. The number of amides is 1. The number of aromatic nitrogens is 1. The molecule has 1 amide bonds. The molecule has 0 saturated heterocycles. The highest BCUT2D eigenvalue weighted by molar-refractivity contribution is 8.26. The molecular weight excluding hydrogens is 394 g/mol. The van der Waals surface area contributed by atoms with Crippen LogP contribution in [0.5, 0.6) is 0 Å². The maximum absolute atomic E-state index is 12.7. The summed E-state index contributed by atoms with van der Waals surface area (Å²) in [5.41, 5.74) is 5.54. The number of rotatable bonds is 5. The summed E-state index contributed by atoms with van der Waals surface area (Å²) in [6, 6.07) is 10.4. The molecule has 4 rings (SSSR count). The molecule has 1 aromatic heterocycles. The first-order chi connectivity index (χ1) is 14.4. The highest BCUT2D eigenvalue weighted by Crippen LogP contribution is 2.31. The number of unbranched alkanes of at least 4 members (excludes halogenated alkanes) is 1. The number of amidine groups is 2. The van der Waals surface area contributed by atoms with Crippen LogP contribution in [0.4, 0.5) is 0 Å². The Labute approximate surface area is 180 Å². The molecule has 154 valence electrons. The number of carbonyl (C=O) groups excluding carboxylic acids is 1. The van der Waals surface area contributed by atoms with Crippen LogP contribution in [0, 0.1) is 26.2 Å². The molecule has 2 aliphatic rings. The number of aryl methyl sites for hydroxylation is 2. The lowest BCUT2D eigenvalue weighted by molar-refractivity contribution is -0.114. The van der Waals surface area contributed by atoms with Crippen LogP contribution in [0.3, 0.4) is 0 Å². The summed E-state index contributed by atoms with van der Waals surface area (Å²) in [7, 11) is 0. The summed E-state index contributed by atoms with van der Waals surface area (Å²) >= 11 is 1.39. The summed E-state index contributed by atoms with van der Waals surface area (Å²) in [4.78, 5) is 16.9. The van der Waals surface area contributed by atoms with Gasteiger partial charge < -0.3 is 4.57 Å². The zero-order chi connectivity index (χ0) is 21.4. The maximum atomic E-state index is 12.7. The molecule has 0 fully saturated rings. The number of fused-ring (bicyclic) bond motifs is 1. The lowest BCUT2D eigenvalue weighted by Gasteiger charge is -2.20. The van der Waals surface area contributed by atoms with Crippen LogP contribution in [0.25, 0.3) is 11.8 Å². The van der Waals surface area contributed by atoms with Gasteiger partial charge in [-0.3, -0.25) is 10.2 Å². The average Bonchev–Trinajstić information content (AvgIpc) is 3.24. The van der Waals surface area contributed by atoms with Gasteiger partial charge in [-0.1, -0.05) is 31.0 Å². The molecule has 0 bridgehead atoms. The molecule has 0 spiro atoms. The summed E-state index contributed by atoms with van der Waals surface area (Å²) in [5, 5.41) is 16.0. The van der Waals surface area contributed by atoms with E-state index in [0.717, 1.165) is 46.9 Å². The molecule has 1 N–H and O–H groups in total. The van der Waals surface area contributed by atoms with E-state index in [1.807, 2.05) is 19.9 Å². The van der Waals surface area contributed by atoms with E-state index in [2.05, 4.69) is 52.8 Å². The smallest absolute Gasteiger partial charge is 0.283 e. The van der Waals surface area contributed by atoms with Crippen molar-refractivity contribution in [2.24, 2.45) is 10.1 Å². The van der Waals surface area contributed by atoms with Gasteiger partial charge >= 0.3 is 0 Å². The van der Waals surface area contributed by atoms with Gasteiger partial charge in [0.05, 0.1) is 5.57 Å². The van der Waals surface area contributed by atoms with Crippen LogP contribution in [0.2, 0.25) is 0 Å². The first kappa shape index (κ1) is 20.3. The summed E-state index contributed by atoms with van der Waals surface area (Å²) in [5.74, 6) is -0.296. The van der Waals surface area contributed by atoms with Crippen molar-refractivity contribution in [2.45, 2.75) is 47.0 Å². The van der Waals surface area contributed by atoms with Crippen molar-refractivity contribution >= 4 is 39.8 Å². The van der Waals surface area contributed by atoms with Gasteiger partial charge in [-0.05, 0) is 75.2 Å². The monoisotopic (exact) mass is 419 g/mol. The second kappa shape index (κ2) is 8.07. The molecule has 6 nitrogen and oxygen atoms in total. The second-order valence-electron chi connectivity index (χ2n) is 7.61. The van der Waals surface area contributed by atoms with Gasteiger partial charge in [0.25, 0.3) is 5.91 Å². The minimum absolute atomic E-state index is 0.0872. The highest BCUT2D eigenvalue weighted by atomic mass is 32.2. The van der Waals surface area contributed by atoms with Crippen LogP contribution < -0.4 is 0 Å². The Balaban J connectivity index is 1.68. The Kier molecular flexibility index (Phi) is 5.47. The number of hydrogen-bond acceptors (Lipinski definition) is 4. The van der Waals surface area contributed by atoms with Gasteiger partial charge in [0, 0.05) is 17.1 Å². The Morgan fingerprint density at radius 3 is 2.60 bits per heavy atom. The Hall–Kier alpha value is -2.93. The van der Waals surface area contributed by atoms with E-state index < -0.39 is 0 Å². The third-order valence-electron chi connectivity index (χ3n) is 5.30. The molecule has 2 aliphatic heterocycles. The third kappa shape index (κ3) is 3.65. The molecule has 30 heavy (non-hydrogen) atoms. The first-order valence-corrected chi connectivity index (χ1v) is 11.0. The zero-order valence-electron chi connectivity index (χ0n) is 17.7. The van der Waals surface area contributed by atoms with Crippen molar-refractivity contribution in [3.63, 3.8) is 0 Å². The first-order valence-electron chi connectivity index (χ1n) is 10.1. The highest BCUT2D eigenvalue weighted by Gasteiger charge is 2.35. The van der Waals surface area contributed by atoms with Crippen molar-refractivity contribution < 1.29 is 4.79 Å². The molecule has 0 atom stereocenters. The molecule has 0 aliphatic carbocycles. The van der Waals surface area contributed by atoms with Crippen molar-refractivity contribution in [3.05, 3.63) is 58.4 Å². The predicted molar refractivity (Wildman–Crippen MR) is 125 cm³/mol. The van der Waals surface area contributed by atoms with Gasteiger partial charge in [-0.2, -0.15) is 15.1 Å². The van der Waals surface area contributed by atoms with Gasteiger partial charge in [-0.25, -0.2) is 0 Å². The largest absolute Gasteiger partial charge is 0.318 e.